The fourth-order valence-corrected chi connectivity index (χ4v) is 3.71. The number of rotatable bonds is 5. The van der Waals surface area contributed by atoms with Crippen LogP contribution < -0.4 is 5.32 Å². The van der Waals surface area contributed by atoms with Gasteiger partial charge in [-0.15, -0.1) is 0 Å². The molecule has 9 heteroatoms. The van der Waals surface area contributed by atoms with Crippen LogP contribution in [0.5, 0.6) is 0 Å². The van der Waals surface area contributed by atoms with Gasteiger partial charge in [-0.1, -0.05) is 18.2 Å². The summed E-state index contributed by atoms with van der Waals surface area (Å²) in [6, 6.07) is 11.2. The molecule has 1 aromatic carbocycles. The Balaban J connectivity index is 1.41. The molecule has 154 valence electrons. The molecule has 2 fully saturated rings. The van der Waals surface area contributed by atoms with E-state index in [4.69, 9.17) is 4.74 Å². The summed E-state index contributed by atoms with van der Waals surface area (Å²) in [6.45, 7) is 1.84. The molecule has 0 saturated carbocycles. The molecule has 2 saturated heterocycles. The highest BCUT2D eigenvalue weighted by Gasteiger charge is 2.45. The van der Waals surface area contributed by atoms with Crippen molar-refractivity contribution in [2.24, 2.45) is 0 Å². The molecule has 4 heterocycles. The number of carbonyl (C=O) groups excluding carboxylic acids is 1. The highest BCUT2D eigenvalue weighted by molar-refractivity contribution is 5.88. The Morgan fingerprint density at radius 2 is 2.13 bits per heavy atom. The van der Waals surface area contributed by atoms with Gasteiger partial charge >= 0.3 is 0 Å². The van der Waals surface area contributed by atoms with Gasteiger partial charge in [0.1, 0.15) is 0 Å². The average molecular weight is 406 g/mol. The third kappa shape index (κ3) is 3.21. The summed E-state index contributed by atoms with van der Waals surface area (Å²) >= 11 is 0. The third-order valence-electron chi connectivity index (χ3n) is 5.58. The van der Waals surface area contributed by atoms with E-state index in [1.807, 2.05) is 30.5 Å². The van der Waals surface area contributed by atoms with Gasteiger partial charge in [-0.25, -0.2) is 9.67 Å². The fourth-order valence-electron chi connectivity index (χ4n) is 3.71. The van der Waals surface area contributed by atoms with E-state index in [0.29, 0.717) is 43.5 Å². The number of amides is 1. The first-order valence-corrected chi connectivity index (χ1v) is 9.85. The predicted molar refractivity (Wildman–Crippen MR) is 109 cm³/mol. The SMILES string of the molecule is CN1CC[C@@](O)(c2cccc(-c3ccn(-c4ccnc(NC5COC5)n4)n3)c2)C1=O. The molecule has 9 nitrogen and oxygen atoms in total. The van der Waals surface area contributed by atoms with Gasteiger partial charge < -0.3 is 20.1 Å². The Bertz CT molecular complexity index is 1100. The Morgan fingerprint density at radius 3 is 2.87 bits per heavy atom. The van der Waals surface area contributed by atoms with E-state index in [-0.39, 0.29) is 11.9 Å². The van der Waals surface area contributed by atoms with E-state index < -0.39 is 5.60 Å². The number of carbonyl (C=O) groups is 1. The lowest BCUT2D eigenvalue weighted by molar-refractivity contribution is -0.143. The molecule has 30 heavy (non-hydrogen) atoms. The lowest BCUT2D eigenvalue weighted by Gasteiger charge is -2.26. The van der Waals surface area contributed by atoms with Crippen LogP contribution in [0.15, 0.2) is 48.8 Å². The quantitative estimate of drug-likeness (QED) is 0.656. The third-order valence-corrected chi connectivity index (χ3v) is 5.58. The van der Waals surface area contributed by atoms with Crippen LogP contribution in [0.4, 0.5) is 5.95 Å². The number of aromatic nitrogens is 4. The van der Waals surface area contributed by atoms with Crippen molar-refractivity contribution in [3.63, 3.8) is 0 Å². The number of hydrogen-bond acceptors (Lipinski definition) is 7. The van der Waals surface area contributed by atoms with Crippen molar-refractivity contribution in [3.8, 4) is 17.1 Å². The molecule has 2 N–H and O–H groups in total. The number of aliphatic hydroxyl groups is 1. The van der Waals surface area contributed by atoms with Gasteiger partial charge in [-0.3, -0.25) is 4.79 Å². The number of anilines is 1. The molecule has 2 aliphatic rings. The highest BCUT2D eigenvalue weighted by atomic mass is 16.5. The van der Waals surface area contributed by atoms with E-state index in [1.54, 1.807) is 35.0 Å². The molecule has 5 rings (SSSR count). The standard InChI is InChI=1S/C21H22N6O3/c1-26-10-7-21(29,19(26)28)15-4-2-3-14(11-15)17-6-9-27(25-17)18-5-8-22-20(24-18)23-16-12-30-13-16/h2-6,8-9,11,16,29H,7,10,12-13H2,1H3,(H,22,23,24)/t21-/m1/s1. The van der Waals surface area contributed by atoms with Crippen LogP contribution in [0, 0.1) is 0 Å². The number of likely N-dealkylation sites (N-methyl/N-ethyl adjacent to an activating group) is 1. The van der Waals surface area contributed by atoms with Gasteiger partial charge in [0.05, 0.1) is 24.9 Å². The topological polar surface area (TPSA) is 105 Å². The van der Waals surface area contributed by atoms with Crippen molar-refractivity contribution in [2.75, 3.05) is 32.1 Å². The van der Waals surface area contributed by atoms with Gasteiger partial charge in [-0.05, 0) is 17.7 Å². The summed E-state index contributed by atoms with van der Waals surface area (Å²) in [6.07, 6.45) is 3.89. The Hall–Kier alpha value is -3.30. The van der Waals surface area contributed by atoms with Crippen molar-refractivity contribution in [1.29, 1.82) is 0 Å². The fraction of sp³-hybridized carbons (Fsp3) is 0.333. The first-order valence-electron chi connectivity index (χ1n) is 9.85. The number of likely N-dealkylation sites (tertiary alicyclic amines) is 1. The van der Waals surface area contributed by atoms with Crippen molar-refractivity contribution in [2.45, 2.75) is 18.1 Å². The van der Waals surface area contributed by atoms with E-state index in [1.165, 1.54) is 0 Å². The molecule has 0 aliphatic carbocycles. The van der Waals surface area contributed by atoms with Crippen LogP contribution in [-0.2, 0) is 15.1 Å². The van der Waals surface area contributed by atoms with Gasteiger partial charge in [0.15, 0.2) is 11.4 Å². The zero-order valence-corrected chi connectivity index (χ0v) is 16.5. The molecule has 2 aliphatic heterocycles. The molecule has 1 atom stereocenters. The van der Waals surface area contributed by atoms with Crippen LogP contribution in [0.25, 0.3) is 17.1 Å². The maximum Gasteiger partial charge on any atom is 0.258 e. The van der Waals surface area contributed by atoms with E-state index >= 15 is 0 Å². The monoisotopic (exact) mass is 406 g/mol. The molecule has 0 unspecified atom stereocenters. The minimum absolute atomic E-state index is 0.235. The summed E-state index contributed by atoms with van der Waals surface area (Å²) in [5.74, 6) is 0.898. The minimum atomic E-state index is -1.48. The second-order valence-corrected chi connectivity index (χ2v) is 7.68. The summed E-state index contributed by atoms with van der Waals surface area (Å²) in [7, 11) is 1.70. The van der Waals surface area contributed by atoms with E-state index in [9.17, 15) is 9.90 Å². The van der Waals surface area contributed by atoms with E-state index in [0.717, 1.165) is 11.3 Å². The molecular formula is C21H22N6O3. The molecule has 3 aromatic rings. The second-order valence-electron chi connectivity index (χ2n) is 7.68. The van der Waals surface area contributed by atoms with Crippen LogP contribution in [-0.4, -0.2) is 68.5 Å². The maximum absolute atomic E-state index is 12.4. The lowest BCUT2D eigenvalue weighted by Crippen LogP contribution is -2.40. The summed E-state index contributed by atoms with van der Waals surface area (Å²) < 4.78 is 6.84. The largest absolute Gasteiger partial charge is 0.377 e. The van der Waals surface area contributed by atoms with Crippen LogP contribution in [0.3, 0.4) is 0 Å². The van der Waals surface area contributed by atoms with Gasteiger partial charge in [0.25, 0.3) is 5.91 Å². The predicted octanol–water partition coefficient (Wildman–Crippen LogP) is 1.19. The molecule has 1 amide bonds. The van der Waals surface area contributed by atoms with Crippen LogP contribution in [0.2, 0.25) is 0 Å². The van der Waals surface area contributed by atoms with Crippen molar-refractivity contribution in [3.05, 3.63) is 54.4 Å². The number of ether oxygens (including phenoxy) is 1. The van der Waals surface area contributed by atoms with Crippen molar-refractivity contribution >= 4 is 11.9 Å². The summed E-state index contributed by atoms with van der Waals surface area (Å²) in [5.41, 5.74) is 0.646. The van der Waals surface area contributed by atoms with Gasteiger partial charge in [-0.2, -0.15) is 10.1 Å². The maximum atomic E-state index is 12.4. The first kappa shape index (κ1) is 18.7. The smallest absolute Gasteiger partial charge is 0.258 e. The molecule has 0 radical (unpaired) electrons. The zero-order valence-electron chi connectivity index (χ0n) is 16.5. The second kappa shape index (κ2) is 7.19. The Kier molecular flexibility index (Phi) is 4.48. The molecule has 2 aromatic heterocycles. The van der Waals surface area contributed by atoms with Crippen molar-refractivity contribution in [1.82, 2.24) is 24.6 Å². The number of nitrogens with zero attached hydrogens (tertiary/aromatic N) is 5. The van der Waals surface area contributed by atoms with E-state index in [2.05, 4.69) is 20.4 Å². The highest BCUT2D eigenvalue weighted by Crippen LogP contribution is 2.34. The van der Waals surface area contributed by atoms with Crippen LogP contribution >= 0.6 is 0 Å². The summed E-state index contributed by atoms with van der Waals surface area (Å²) in [5, 5.41) is 18.8. The van der Waals surface area contributed by atoms with Crippen LogP contribution in [0.1, 0.15) is 12.0 Å². The number of benzene rings is 1. The molecular weight excluding hydrogens is 384 g/mol. The minimum Gasteiger partial charge on any atom is -0.377 e. The molecule has 0 bridgehead atoms. The number of hydrogen-bond donors (Lipinski definition) is 2. The van der Waals surface area contributed by atoms with Crippen molar-refractivity contribution < 1.29 is 14.6 Å². The zero-order chi connectivity index (χ0) is 20.7. The Labute approximate surface area is 173 Å². The normalized spacial score (nSPS) is 21.7. The Morgan fingerprint density at radius 1 is 1.27 bits per heavy atom. The van der Waals surface area contributed by atoms with Gasteiger partial charge in [0.2, 0.25) is 5.95 Å². The first-order chi connectivity index (χ1) is 14.5. The molecule has 0 spiro atoms. The van der Waals surface area contributed by atoms with Gasteiger partial charge in [0, 0.05) is 44.0 Å². The summed E-state index contributed by atoms with van der Waals surface area (Å²) in [4.78, 5) is 22.7. The number of nitrogens with one attached hydrogen (secondary N) is 1. The average Bonchev–Trinajstić information content (AvgIpc) is 3.33. The lowest BCUT2D eigenvalue weighted by atomic mass is 9.90.